The fourth-order valence-electron chi connectivity index (χ4n) is 2.06. The number of amides is 1. The molecule has 3 rings (SSSR count). The lowest BCUT2D eigenvalue weighted by Crippen LogP contribution is -2.14. The van der Waals surface area contributed by atoms with Crippen LogP contribution in [0.1, 0.15) is 0 Å². The van der Waals surface area contributed by atoms with Crippen LogP contribution in [0.5, 0.6) is 0 Å². The quantitative estimate of drug-likeness (QED) is 0.347. The van der Waals surface area contributed by atoms with E-state index in [2.05, 4.69) is 15.5 Å². The van der Waals surface area contributed by atoms with Crippen molar-refractivity contribution in [1.29, 1.82) is 0 Å². The molecule has 8 nitrogen and oxygen atoms in total. The van der Waals surface area contributed by atoms with E-state index in [4.69, 9.17) is 27.6 Å². The molecule has 0 spiro atoms. The molecule has 3 aromatic rings. The second-order valence-corrected chi connectivity index (χ2v) is 6.91. The Labute approximate surface area is 167 Å². The minimum absolute atomic E-state index is 0.00761. The molecule has 2 aromatic carbocycles. The summed E-state index contributed by atoms with van der Waals surface area (Å²) in [5.74, 6) is -0.124. The van der Waals surface area contributed by atoms with Crippen molar-refractivity contribution in [3.63, 3.8) is 0 Å². The van der Waals surface area contributed by atoms with E-state index in [1.54, 1.807) is 24.3 Å². The van der Waals surface area contributed by atoms with Gasteiger partial charge in [-0.05, 0) is 30.3 Å². The molecule has 1 amide bonds. The average molecular weight is 425 g/mol. The molecule has 1 N–H and O–H groups in total. The van der Waals surface area contributed by atoms with Crippen LogP contribution in [0, 0.1) is 10.1 Å². The van der Waals surface area contributed by atoms with Crippen LogP contribution in [0.15, 0.2) is 52.1 Å². The molecule has 138 valence electrons. The Morgan fingerprint density at radius 1 is 1.22 bits per heavy atom. The summed E-state index contributed by atoms with van der Waals surface area (Å²) in [6.45, 7) is 0. The number of nitro benzene ring substituents is 1. The lowest BCUT2D eigenvalue weighted by molar-refractivity contribution is -0.384. The number of nitro groups is 1. The Balaban J connectivity index is 1.60. The first kappa shape index (κ1) is 19.2. The van der Waals surface area contributed by atoms with Crippen molar-refractivity contribution in [2.45, 2.75) is 5.22 Å². The lowest BCUT2D eigenvalue weighted by Gasteiger charge is -2.04. The van der Waals surface area contributed by atoms with Crippen molar-refractivity contribution in [3.05, 3.63) is 62.6 Å². The van der Waals surface area contributed by atoms with Crippen LogP contribution < -0.4 is 5.32 Å². The molecule has 0 fully saturated rings. The van der Waals surface area contributed by atoms with Crippen molar-refractivity contribution >= 4 is 52.2 Å². The normalized spacial score (nSPS) is 10.6. The van der Waals surface area contributed by atoms with Crippen LogP contribution in [0.4, 0.5) is 11.4 Å². The molecule has 0 aliphatic rings. The highest BCUT2D eigenvalue weighted by Gasteiger charge is 2.15. The number of hydrogen-bond acceptors (Lipinski definition) is 7. The maximum atomic E-state index is 12.0. The van der Waals surface area contributed by atoms with Gasteiger partial charge in [-0.15, -0.1) is 10.2 Å². The highest BCUT2D eigenvalue weighted by Crippen LogP contribution is 2.28. The summed E-state index contributed by atoms with van der Waals surface area (Å²) in [7, 11) is 0. The zero-order valence-corrected chi connectivity index (χ0v) is 15.7. The van der Waals surface area contributed by atoms with Gasteiger partial charge in [0.25, 0.3) is 10.9 Å². The Morgan fingerprint density at radius 2 is 2.04 bits per heavy atom. The first-order valence-corrected chi connectivity index (χ1v) is 9.12. The predicted octanol–water partition coefficient (Wildman–Crippen LogP) is 4.68. The van der Waals surface area contributed by atoms with E-state index in [0.717, 1.165) is 11.8 Å². The summed E-state index contributed by atoms with van der Waals surface area (Å²) in [5.41, 5.74) is 0.645. The lowest BCUT2D eigenvalue weighted by atomic mass is 10.2. The molecule has 0 radical (unpaired) electrons. The van der Waals surface area contributed by atoms with E-state index in [1.807, 2.05) is 0 Å². The number of carbonyl (C=O) groups excluding carboxylic acids is 1. The number of halogens is 2. The predicted molar refractivity (Wildman–Crippen MR) is 102 cm³/mol. The van der Waals surface area contributed by atoms with E-state index in [9.17, 15) is 14.9 Å². The summed E-state index contributed by atoms with van der Waals surface area (Å²) < 4.78 is 5.49. The van der Waals surface area contributed by atoms with Gasteiger partial charge >= 0.3 is 0 Å². The highest BCUT2D eigenvalue weighted by atomic mass is 35.5. The number of benzene rings is 2. The summed E-state index contributed by atoms with van der Waals surface area (Å²) in [6.07, 6.45) is 0. The summed E-state index contributed by atoms with van der Waals surface area (Å²) >= 11 is 12.7. The van der Waals surface area contributed by atoms with E-state index in [-0.39, 0.29) is 39.2 Å². The molecule has 0 unspecified atom stereocenters. The number of thioether (sulfide) groups is 1. The van der Waals surface area contributed by atoms with Crippen molar-refractivity contribution < 1.29 is 14.1 Å². The number of anilines is 1. The third-order valence-corrected chi connectivity index (χ3v) is 4.60. The Bertz CT molecular complexity index is 1010. The third kappa shape index (κ3) is 4.97. The summed E-state index contributed by atoms with van der Waals surface area (Å²) in [4.78, 5) is 22.3. The van der Waals surface area contributed by atoms with Gasteiger partial charge in [-0.2, -0.15) is 0 Å². The highest BCUT2D eigenvalue weighted by molar-refractivity contribution is 7.99. The van der Waals surface area contributed by atoms with E-state index >= 15 is 0 Å². The summed E-state index contributed by atoms with van der Waals surface area (Å²) in [5, 5.41) is 22.0. The molecular weight excluding hydrogens is 415 g/mol. The smallest absolute Gasteiger partial charge is 0.289 e. The molecule has 0 saturated carbocycles. The van der Waals surface area contributed by atoms with Gasteiger partial charge in [0.2, 0.25) is 11.8 Å². The summed E-state index contributed by atoms with van der Waals surface area (Å²) in [6, 6.07) is 10.9. The Hall–Kier alpha value is -2.62. The molecule has 0 bridgehead atoms. The number of rotatable bonds is 6. The van der Waals surface area contributed by atoms with Crippen molar-refractivity contribution in [2.75, 3.05) is 11.1 Å². The zero-order chi connectivity index (χ0) is 19.4. The standard InChI is InChI=1S/C16H10Cl2N4O4S/c17-10-3-1-2-9(6-10)15-20-21-16(26-15)27-8-14(23)19-11-4-5-12(18)13(7-11)22(24)25/h1-7H,8H2,(H,19,23). The topological polar surface area (TPSA) is 111 Å². The van der Waals surface area contributed by atoms with Gasteiger partial charge in [0.15, 0.2) is 0 Å². The van der Waals surface area contributed by atoms with Gasteiger partial charge in [-0.1, -0.05) is 41.0 Å². The van der Waals surface area contributed by atoms with Crippen molar-refractivity contribution in [1.82, 2.24) is 10.2 Å². The fourth-order valence-corrected chi connectivity index (χ4v) is 3.00. The second-order valence-electron chi connectivity index (χ2n) is 5.14. The van der Waals surface area contributed by atoms with E-state index in [1.165, 1.54) is 18.2 Å². The van der Waals surface area contributed by atoms with Gasteiger partial charge in [0.05, 0.1) is 10.7 Å². The first-order chi connectivity index (χ1) is 12.9. The molecule has 0 atom stereocenters. The van der Waals surface area contributed by atoms with Crippen LogP contribution in [-0.4, -0.2) is 26.8 Å². The van der Waals surface area contributed by atoms with Crippen LogP contribution in [0.3, 0.4) is 0 Å². The van der Waals surface area contributed by atoms with Crippen molar-refractivity contribution in [2.24, 2.45) is 0 Å². The van der Waals surface area contributed by atoms with Crippen LogP contribution >= 0.6 is 35.0 Å². The van der Waals surface area contributed by atoms with Crippen LogP contribution in [0.2, 0.25) is 10.0 Å². The second kappa shape index (κ2) is 8.38. The third-order valence-electron chi connectivity index (χ3n) is 3.23. The number of nitrogens with one attached hydrogen (secondary N) is 1. The molecule has 0 aliphatic carbocycles. The maximum absolute atomic E-state index is 12.0. The molecule has 11 heteroatoms. The van der Waals surface area contributed by atoms with Gasteiger partial charge in [-0.25, -0.2) is 0 Å². The minimum Gasteiger partial charge on any atom is -0.411 e. The Kier molecular flexibility index (Phi) is 5.94. The SMILES string of the molecule is O=C(CSc1nnc(-c2cccc(Cl)c2)o1)Nc1ccc(Cl)c([N+](=O)[O-])c1. The zero-order valence-electron chi connectivity index (χ0n) is 13.4. The minimum atomic E-state index is -0.622. The number of carbonyl (C=O) groups is 1. The average Bonchev–Trinajstić information content (AvgIpc) is 3.10. The number of aromatic nitrogens is 2. The molecular formula is C16H10Cl2N4O4S. The van der Waals surface area contributed by atoms with E-state index < -0.39 is 4.92 Å². The van der Waals surface area contributed by atoms with Gasteiger partial charge in [0.1, 0.15) is 5.02 Å². The van der Waals surface area contributed by atoms with Crippen LogP contribution in [0.25, 0.3) is 11.5 Å². The molecule has 1 heterocycles. The Morgan fingerprint density at radius 3 is 2.78 bits per heavy atom. The van der Waals surface area contributed by atoms with Gasteiger partial charge in [-0.3, -0.25) is 14.9 Å². The maximum Gasteiger partial charge on any atom is 0.289 e. The molecule has 0 saturated heterocycles. The number of nitrogens with zero attached hydrogens (tertiary/aromatic N) is 3. The van der Waals surface area contributed by atoms with E-state index in [0.29, 0.717) is 10.6 Å². The van der Waals surface area contributed by atoms with Crippen molar-refractivity contribution in [3.8, 4) is 11.5 Å². The molecule has 27 heavy (non-hydrogen) atoms. The van der Waals surface area contributed by atoms with Gasteiger partial charge < -0.3 is 9.73 Å². The first-order valence-electron chi connectivity index (χ1n) is 7.38. The molecule has 0 aliphatic heterocycles. The molecule has 1 aromatic heterocycles. The van der Waals surface area contributed by atoms with Gasteiger partial charge in [0, 0.05) is 22.3 Å². The largest absolute Gasteiger partial charge is 0.411 e. The number of hydrogen-bond donors (Lipinski definition) is 1. The monoisotopic (exact) mass is 424 g/mol. The van der Waals surface area contributed by atoms with Crippen LogP contribution in [-0.2, 0) is 4.79 Å². The fraction of sp³-hybridized carbons (Fsp3) is 0.0625.